The number of hydrogen-bond donors (Lipinski definition) is 1. The molecule has 1 aromatic carbocycles. The molecule has 17 heavy (non-hydrogen) atoms. The molecule has 0 radical (unpaired) electrons. The molecule has 2 rings (SSSR count). The molecule has 0 aliphatic heterocycles. The van der Waals surface area contributed by atoms with Crippen LogP contribution >= 0.6 is 0 Å². The van der Waals surface area contributed by atoms with Gasteiger partial charge < -0.3 is 10.3 Å². The van der Waals surface area contributed by atoms with Crippen molar-refractivity contribution < 1.29 is 9.84 Å². The van der Waals surface area contributed by atoms with Gasteiger partial charge in [-0.15, -0.1) is 0 Å². The van der Waals surface area contributed by atoms with Gasteiger partial charge in [0.15, 0.2) is 11.9 Å². The number of phenols is 1. The third-order valence-electron chi connectivity index (χ3n) is 3.81. The first-order valence-corrected chi connectivity index (χ1v) is 5.68. The molecule has 1 heterocycles. The molecular weight excluding hydrogens is 214 g/mol. The fraction of sp³-hybridized carbons (Fsp3) is 0.357. The number of aromatic hydroxyl groups is 1. The Morgan fingerprint density at radius 3 is 2.12 bits per heavy atom. The summed E-state index contributed by atoms with van der Waals surface area (Å²) in [6.07, 6.45) is 1.52. The van der Waals surface area contributed by atoms with Crippen LogP contribution < -0.4 is 4.73 Å². The van der Waals surface area contributed by atoms with Gasteiger partial charge in [0.05, 0.1) is 5.39 Å². The largest absolute Gasteiger partial charge is 0.618 e. The van der Waals surface area contributed by atoms with Gasteiger partial charge >= 0.3 is 0 Å². The van der Waals surface area contributed by atoms with Crippen LogP contribution in [-0.4, -0.2) is 5.11 Å². The van der Waals surface area contributed by atoms with Gasteiger partial charge in [-0.3, -0.25) is 0 Å². The molecule has 1 N–H and O–H groups in total. The van der Waals surface area contributed by atoms with Crippen molar-refractivity contribution in [3.63, 3.8) is 0 Å². The number of hydrogen-bond acceptors (Lipinski definition) is 2. The second-order valence-corrected chi connectivity index (χ2v) is 4.71. The van der Waals surface area contributed by atoms with Gasteiger partial charge in [0, 0.05) is 11.1 Å². The predicted molar refractivity (Wildman–Crippen MR) is 68.3 cm³/mol. The van der Waals surface area contributed by atoms with Gasteiger partial charge in [-0.2, -0.15) is 4.73 Å². The van der Waals surface area contributed by atoms with Gasteiger partial charge in [0.1, 0.15) is 0 Å². The average molecular weight is 231 g/mol. The molecule has 90 valence electrons. The Kier molecular flexibility index (Phi) is 2.49. The molecule has 3 nitrogen and oxygen atoms in total. The Hall–Kier alpha value is -1.77. The van der Waals surface area contributed by atoms with Crippen molar-refractivity contribution >= 4 is 10.9 Å². The van der Waals surface area contributed by atoms with E-state index in [0.717, 1.165) is 37.9 Å². The van der Waals surface area contributed by atoms with Crippen LogP contribution in [0.5, 0.6) is 5.75 Å². The van der Waals surface area contributed by atoms with E-state index in [0.29, 0.717) is 5.52 Å². The zero-order valence-electron chi connectivity index (χ0n) is 10.9. The molecular formula is C14H17NO2. The third kappa shape index (κ3) is 1.46. The molecule has 0 amide bonds. The lowest BCUT2D eigenvalue weighted by atomic mass is 9.94. The maximum Gasteiger partial charge on any atom is 0.266 e. The van der Waals surface area contributed by atoms with Crippen LogP contribution in [0.15, 0.2) is 6.20 Å². The van der Waals surface area contributed by atoms with E-state index in [4.69, 9.17) is 0 Å². The van der Waals surface area contributed by atoms with Gasteiger partial charge in [0.25, 0.3) is 5.52 Å². The summed E-state index contributed by atoms with van der Waals surface area (Å²) in [5, 5.41) is 23.0. The van der Waals surface area contributed by atoms with Crippen LogP contribution in [0, 0.1) is 39.8 Å². The van der Waals surface area contributed by atoms with Crippen LogP contribution in [0.25, 0.3) is 10.9 Å². The van der Waals surface area contributed by atoms with Gasteiger partial charge in [-0.05, 0) is 51.3 Å². The number of nitrogens with zero attached hydrogens (tertiary/aromatic N) is 1. The third-order valence-corrected chi connectivity index (χ3v) is 3.81. The summed E-state index contributed by atoms with van der Waals surface area (Å²) in [5.41, 5.74) is 5.28. The maximum absolute atomic E-state index is 11.9. The molecule has 0 unspecified atom stereocenters. The van der Waals surface area contributed by atoms with Crippen molar-refractivity contribution in [2.24, 2.45) is 0 Å². The molecule has 0 aliphatic carbocycles. The lowest BCUT2D eigenvalue weighted by molar-refractivity contribution is -0.577. The van der Waals surface area contributed by atoms with Crippen molar-refractivity contribution in [1.29, 1.82) is 0 Å². The standard InChI is InChI=1S/C14H17NO2/c1-7-6-15(17)13-12(8(7)2)10(4)9(3)11(5)14(13)16/h6,16H,1-5H3. The fourth-order valence-electron chi connectivity index (χ4n) is 2.33. The Labute approximate surface area is 101 Å². The number of fused-ring (bicyclic) bond motifs is 1. The van der Waals surface area contributed by atoms with E-state index in [1.807, 2.05) is 34.6 Å². The molecule has 0 spiro atoms. The summed E-state index contributed by atoms with van der Waals surface area (Å²) in [6.45, 7) is 9.71. The predicted octanol–water partition coefficient (Wildman–Crippen LogP) is 2.72. The summed E-state index contributed by atoms with van der Waals surface area (Å²) < 4.78 is 0.770. The normalized spacial score (nSPS) is 11.1. The van der Waals surface area contributed by atoms with E-state index in [2.05, 4.69) is 0 Å². The minimum absolute atomic E-state index is 0.0983. The van der Waals surface area contributed by atoms with Crippen LogP contribution in [0.2, 0.25) is 0 Å². The van der Waals surface area contributed by atoms with Crippen LogP contribution in [-0.2, 0) is 0 Å². The van der Waals surface area contributed by atoms with Crippen molar-refractivity contribution in [2.75, 3.05) is 0 Å². The highest BCUT2D eigenvalue weighted by Crippen LogP contribution is 2.34. The first-order valence-electron chi connectivity index (χ1n) is 5.68. The van der Waals surface area contributed by atoms with Gasteiger partial charge in [-0.25, -0.2) is 0 Å². The fourth-order valence-corrected chi connectivity index (χ4v) is 2.33. The monoisotopic (exact) mass is 231 g/mol. The van der Waals surface area contributed by atoms with E-state index < -0.39 is 0 Å². The van der Waals surface area contributed by atoms with Crippen molar-refractivity contribution in [3.05, 3.63) is 39.2 Å². The van der Waals surface area contributed by atoms with Crippen molar-refractivity contribution in [1.82, 2.24) is 0 Å². The molecule has 0 saturated heterocycles. The number of pyridine rings is 1. The first kappa shape index (κ1) is 11.7. The number of rotatable bonds is 0. The summed E-state index contributed by atoms with van der Waals surface area (Å²) in [4.78, 5) is 0. The molecule has 0 saturated carbocycles. The zero-order chi connectivity index (χ0) is 12.9. The molecule has 1 aromatic heterocycles. The van der Waals surface area contributed by atoms with Crippen molar-refractivity contribution in [2.45, 2.75) is 34.6 Å². The van der Waals surface area contributed by atoms with Gasteiger partial charge in [-0.1, -0.05) is 0 Å². The Morgan fingerprint density at radius 1 is 0.941 bits per heavy atom. The van der Waals surface area contributed by atoms with E-state index in [1.54, 1.807) is 0 Å². The Bertz CT molecular complexity index is 630. The topological polar surface area (TPSA) is 47.2 Å². The second kappa shape index (κ2) is 3.62. The van der Waals surface area contributed by atoms with Crippen LogP contribution in [0.4, 0.5) is 0 Å². The number of benzene rings is 1. The summed E-state index contributed by atoms with van der Waals surface area (Å²) >= 11 is 0. The summed E-state index contributed by atoms with van der Waals surface area (Å²) in [7, 11) is 0. The Morgan fingerprint density at radius 2 is 1.53 bits per heavy atom. The molecule has 3 heteroatoms. The van der Waals surface area contributed by atoms with E-state index in [-0.39, 0.29) is 5.75 Å². The number of phenolic OH excluding ortho intramolecular Hbond substituents is 1. The van der Waals surface area contributed by atoms with E-state index in [9.17, 15) is 10.3 Å². The van der Waals surface area contributed by atoms with Crippen molar-refractivity contribution in [3.8, 4) is 5.75 Å². The van der Waals surface area contributed by atoms with Crippen LogP contribution in [0.3, 0.4) is 0 Å². The zero-order valence-corrected chi connectivity index (χ0v) is 10.9. The van der Waals surface area contributed by atoms with Crippen LogP contribution in [0.1, 0.15) is 27.8 Å². The summed E-state index contributed by atoms with van der Waals surface area (Å²) in [5.74, 6) is 0.0983. The molecule has 0 atom stereocenters. The highest BCUT2D eigenvalue weighted by molar-refractivity contribution is 5.90. The quantitative estimate of drug-likeness (QED) is 0.559. The van der Waals surface area contributed by atoms with E-state index in [1.165, 1.54) is 6.20 Å². The molecule has 0 aliphatic rings. The van der Waals surface area contributed by atoms with E-state index >= 15 is 0 Å². The maximum atomic E-state index is 11.9. The summed E-state index contributed by atoms with van der Waals surface area (Å²) in [6, 6.07) is 0. The molecule has 2 aromatic rings. The Balaban J connectivity index is 3.17. The number of aryl methyl sites for hydroxylation is 3. The highest BCUT2D eigenvalue weighted by Gasteiger charge is 2.20. The minimum atomic E-state index is 0.0983. The molecule has 0 fully saturated rings. The number of aromatic nitrogens is 1. The van der Waals surface area contributed by atoms with Gasteiger partial charge in [0.2, 0.25) is 0 Å². The minimum Gasteiger partial charge on any atom is -0.618 e. The second-order valence-electron chi connectivity index (χ2n) is 4.71. The lowest BCUT2D eigenvalue weighted by Gasteiger charge is -2.15. The highest BCUT2D eigenvalue weighted by atomic mass is 16.5. The first-order chi connectivity index (χ1) is 7.86. The molecule has 0 bridgehead atoms. The average Bonchev–Trinajstić information content (AvgIpc) is 2.28. The smallest absolute Gasteiger partial charge is 0.266 e. The SMILES string of the molecule is Cc1c[n+]([O-])c2c(O)c(C)c(C)c(C)c2c1C. The lowest BCUT2D eigenvalue weighted by Crippen LogP contribution is -2.28.